The first kappa shape index (κ1) is 15.3. The Balaban J connectivity index is 1.94. The molecule has 0 radical (unpaired) electrons. The third kappa shape index (κ3) is 4.72. The molecule has 0 aliphatic heterocycles. The lowest BCUT2D eigenvalue weighted by molar-refractivity contribution is -0.120. The topological polar surface area (TPSA) is 50.7 Å². The van der Waals surface area contributed by atoms with E-state index in [0.717, 1.165) is 21.3 Å². The maximum Gasteiger partial charge on any atom is 0.244 e. The monoisotopic (exact) mass is 346 g/mol. The molecule has 108 valence electrons. The molecule has 2 aromatic rings. The van der Waals surface area contributed by atoms with Crippen molar-refractivity contribution in [1.82, 2.24) is 5.43 Å². The van der Waals surface area contributed by atoms with E-state index in [-0.39, 0.29) is 5.91 Å². The second-order valence-electron chi connectivity index (χ2n) is 4.34. The van der Waals surface area contributed by atoms with E-state index in [1.807, 2.05) is 48.5 Å². The molecule has 0 atom stereocenters. The molecule has 0 aliphatic carbocycles. The quantitative estimate of drug-likeness (QED) is 0.667. The first-order valence-electron chi connectivity index (χ1n) is 6.38. The first-order chi connectivity index (χ1) is 10.2. The lowest BCUT2D eigenvalue weighted by Gasteiger charge is -2.03. The summed E-state index contributed by atoms with van der Waals surface area (Å²) < 4.78 is 6.03. The molecule has 4 nitrogen and oxygen atoms in total. The molecule has 1 amide bonds. The van der Waals surface area contributed by atoms with Crippen LogP contribution < -0.4 is 10.2 Å². The van der Waals surface area contributed by atoms with Gasteiger partial charge in [0.1, 0.15) is 5.75 Å². The standard InChI is InChI=1S/C16H15BrN2O2/c1-21-14-7-8-15(17)13(10-14)11-18-19-16(20)9-12-5-3-2-4-6-12/h2-8,10-11H,9H2,1H3,(H,19,20). The lowest BCUT2D eigenvalue weighted by atomic mass is 10.1. The molecule has 0 aliphatic rings. The molecular weight excluding hydrogens is 332 g/mol. The van der Waals surface area contributed by atoms with Gasteiger partial charge in [0.05, 0.1) is 19.7 Å². The van der Waals surface area contributed by atoms with Crippen molar-refractivity contribution in [3.8, 4) is 5.75 Å². The van der Waals surface area contributed by atoms with Crippen LogP contribution in [0.15, 0.2) is 58.1 Å². The number of hydrogen-bond donors (Lipinski definition) is 1. The van der Waals surface area contributed by atoms with Crippen LogP contribution in [0.1, 0.15) is 11.1 Å². The Morgan fingerprint density at radius 1 is 1.29 bits per heavy atom. The van der Waals surface area contributed by atoms with Gasteiger partial charge in [0.2, 0.25) is 5.91 Å². The van der Waals surface area contributed by atoms with Crippen LogP contribution in [0.4, 0.5) is 0 Å². The Morgan fingerprint density at radius 2 is 2.05 bits per heavy atom. The number of methoxy groups -OCH3 is 1. The Hall–Kier alpha value is -2.14. The molecule has 0 spiro atoms. The van der Waals surface area contributed by atoms with Crippen molar-refractivity contribution in [3.63, 3.8) is 0 Å². The number of rotatable bonds is 5. The van der Waals surface area contributed by atoms with Gasteiger partial charge in [-0.3, -0.25) is 4.79 Å². The first-order valence-corrected chi connectivity index (χ1v) is 7.17. The molecule has 0 aromatic heterocycles. The van der Waals surface area contributed by atoms with Gasteiger partial charge >= 0.3 is 0 Å². The summed E-state index contributed by atoms with van der Waals surface area (Å²) in [6.45, 7) is 0. The summed E-state index contributed by atoms with van der Waals surface area (Å²) in [6, 6.07) is 15.1. The number of nitrogens with one attached hydrogen (secondary N) is 1. The fraction of sp³-hybridized carbons (Fsp3) is 0.125. The van der Waals surface area contributed by atoms with Crippen molar-refractivity contribution >= 4 is 28.1 Å². The van der Waals surface area contributed by atoms with Gasteiger partial charge in [-0.1, -0.05) is 46.3 Å². The second-order valence-corrected chi connectivity index (χ2v) is 5.20. The Bertz CT molecular complexity index is 642. The van der Waals surface area contributed by atoms with Crippen molar-refractivity contribution < 1.29 is 9.53 Å². The summed E-state index contributed by atoms with van der Waals surface area (Å²) in [5.74, 6) is 0.576. The minimum absolute atomic E-state index is 0.156. The van der Waals surface area contributed by atoms with Crippen molar-refractivity contribution in [2.75, 3.05) is 7.11 Å². The maximum atomic E-state index is 11.7. The molecular formula is C16H15BrN2O2. The summed E-state index contributed by atoms with van der Waals surface area (Å²) in [5, 5.41) is 3.96. The predicted molar refractivity (Wildman–Crippen MR) is 86.6 cm³/mol. The van der Waals surface area contributed by atoms with Gasteiger partial charge < -0.3 is 4.74 Å². The van der Waals surface area contributed by atoms with Gasteiger partial charge in [-0.2, -0.15) is 5.10 Å². The number of halogens is 1. The third-order valence-corrected chi connectivity index (χ3v) is 3.53. The van der Waals surface area contributed by atoms with Gasteiger partial charge in [-0.15, -0.1) is 0 Å². The third-order valence-electron chi connectivity index (χ3n) is 2.80. The van der Waals surface area contributed by atoms with Crippen molar-refractivity contribution in [2.24, 2.45) is 5.10 Å². The summed E-state index contributed by atoms with van der Waals surface area (Å²) in [4.78, 5) is 11.7. The average Bonchev–Trinajstić information content (AvgIpc) is 2.50. The van der Waals surface area contributed by atoms with Gasteiger partial charge in [-0.05, 0) is 23.8 Å². The van der Waals surface area contributed by atoms with E-state index >= 15 is 0 Å². The van der Waals surface area contributed by atoms with E-state index < -0.39 is 0 Å². The molecule has 0 saturated carbocycles. The molecule has 0 unspecified atom stereocenters. The number of nitrogens with zero attached hydrogens (tertiary/aromatic N) is 1. The van der Waals surface area contributed by atoms with Crippen LogP contribution in [0.25, 0.3) is 0 Å². The number of benzene rings is 2. The molecule has 1 N–H and O–H groups in total. The van der Waals surface area contributed by atoms with E-state index in [9.17, 15) is 4.79 Å². The van der Waals surface area contributed by atoms with Crippen LogP contribution in [0, 0.1) is 0 Å². The molecule has 2 aromatic carbocycles. The number of carbonyl (C=O) groups is 1. The van der Waals surface area contributed by atoms with Gasteiger partial charge in [-0.25, -0.2) is 5.43 Å². The highest BCUT2D eigenvalue weighted by Gasteiger charge is 2.02. The highest BCUT2D eigenvalue weighted by Crippen LogP contribution is 2.20. The Labute approximate surface area is 132 Å². The molecule has 0 fully saturated rings. The Morgan fingerprint density at radius 3 is 2.76 bits per heavy atom. The van der Waals surface area contributed by atoms with Gasteiger partial charge in [0.15, 0.2) is 0 Å². The fourth-order valence-electron chi connectivity index (χ4n) is 1.74. The predicted octanol–water partition coefficient (Wildman–Crippen LogP) is 3.15. The minimum atomic E-state index is -0.156. The Kier molecular flexibility index (Phi) is 5.51. The second kappa shape index (κ2) is 7.59. The van der Waals surface area contributed by atoms with E-state index in [1.165, 1.54) is 0 Å². The van der Waals surface area contributed by atoms with Crippen LogP contribution in [0.3, 0.4) is 0 Å². The van der Waals surface area contributed by atoms with E-state index in [4.69, 9.17) is 4.74 Å². The van der Waals surface area contributed by atoms with Crippen LogP contribution in [0.2, 0.25) is 0 Å². The number of carbonyl (C=O) groups excluding carboxylic acids is 1. The summed E-state index contributed by atoms with van der Waals surface area (Å²) in [5.41, 5.74) is 4.29. The highest BCUT2D eigenvalue weighted by atomic mass is 79.9. The van der Waals surface area contributed by atoms with Crippen molar-refractivity contribution in [3.05, 3.63) is 64.1 Å². The lowest BCUT2D eigenvalue weighted by Crippen LogP contribution is -2.19. The molecule has 5 heteroatoms. The number of hydrazone groups is 1. The van der Waals surface area contributed by atoms with Crippen LogP contribution >= 0.6 is 15.9 Å². The summed E-state index contributed by atoms with van der Waals surface area (Å²) >= 11 is 3.42. The maximum absolute atomic E-state index is 11.7. The largest absolute Gasteiger partial charge is 0.497 e. The van der Waals surface area contributed by atoms with Crippen molar-refractivity contribution in [1.29, 1.82) is 0 Å². The molecule has 2 rings (SSSR count). The molecule has 0 heterocycles. The zero-order valence-corrected chi connectivity index (χ0v) is 13.1. The van der Waals surface area contributed by atoms with Crippen LogP contribution in [-0.2, 0) is 11.2 Å². The SMILES string of the molecule is COc1ccc(Br)c(C=NNC(=O)Cc2ccccc2)c1. The summed E-state index contributed by atoms with van der Waals surface area (Å²) in [7, 11) is 1.60. The normalized spacial score (nSPS) is 10.6. The highest BCUT2D eigenvalue weighted by molar-refractivity contribution is 9.10. The molecule has 0 bridgehead atoms. The zero-order valence-electron chi connectivity index (χ0n) is 11.5. The van der Waals surface area contributed by atoms with E-state index in [2.05, 4.69) is 26.5 Å². The van der Waals surface area contributed by atoms with Gasteiger partial charge in [0, 0.05) is 10.0 Å². The zero-order chi connectivity index (χ0) is 15.1. The fourth-order valence-corrected chi connectivity index (χ4v) is 2.09. The molecule has 21 heavy (non-hydrogen) atoms. The van der Waals surface area contributed by atoms with E-state index in [1.54, 1.807) is 13.3 Å². The smallest absolute Gasteiger partial charge is 0.244 e. The number of amides is 1. The molecule has 0 saturated heterocycles. The minimum Gasteiger partial charge on any atom is -0.497 e. The van der Waals surface area contributed by atoms with E-state index in [0.29, 0.717) is 6.42 Å². The van der Waals surface area contributed by atoms with Crippen molar-refractivity contribution in [2.45, 2.75) is 6.42 Å². The average molecular weight is 347 g/mol. The number of hydrogen-bond acceptors (Lipinski definition) is 3. The number of ether oxygens (including phenoxy) is 1. The van der Waals surface area contributed by atoms with Crippen LogP contribution in [0.5, 0.6) is 5.75 Å². The van der Waals surface area contributed by atoms with Gasteiger partial charge in [0.25, 0.3) is 0 Å². The summed E-state index contributed by atoms with van der Waals surface area (Å²) in [6.07, 6.45) is 1.88. The van der Waals surface area contributed by atoms with Crippen LogP contribution in [-0.4, -0.2) is 19.2 Å².